The average Bonchev–Trinajstić information content (AvgIpc) is 2.69. The van der Waals surface area contributed by atoms with Gasteiger partial charge in [-0.05, 0) is 42.8 Å². The highest BCUT2D eigenvalue weighted by Gasteiger charge is 2.21. The third-order valence-electron chi connectivity index (χ3n) is 3.74. The lowest BCUT2D eigenvalue weighted by Gasteiger charge is -2.13. The number of alkyl halides is 1. The zero-order valence-electron chi connectivity index (χ0n) is 15.6. The van der Waals surface area contributed by atoms with Crippen LogP contribution in [0.5, 0.6) is 11.5 Å². The molecule has 0 fully saturated rings. The van der Waals surface area contributed by atoms with E-state index in [0.29, 0.717) is 24.7 Å². The largest absolute Gasteiger partial charge is 0.491 e. The number of sulfone groups is 1. The van der Waals surface area contributed by atoms with Gasteiger partial charge in [-0.15, -0.1) is 11.6 Å². The molecular formula is C19H21Cl3O6S. The molecule has 2 aromatic carbocycles. The molecule has 160 valence electrons. The number of ether oxygens (including phenoxy) is 3. The first-order valence-electron chi connectivity index (χ1n) is 8.62. The maximum Gasteiger partial charge on any atom is 0.206 e. The van der Waals surface area contributed by atoms with Crippen LogP contribution >= 0.6 is 34.8 Å². The molecule has 0 bridgehead atoms. The first-order chi connectivity index (χ1) is 13.8. The van der Waals surface area contributed by atoms with E-state index >= 15 is 0 Å². The van der Waals surface area contributed by atoms with Crippen LogP contribution in [-0.2, 0) is 14.6 Å². The number of hydrogen-bond acceptors (Lipinski definition) is 6. The van der Waals surface area contributed by atoms with Crippen LogP contribution in [0.2, 0.25) is 10.0 Å². The quantitative estimate of drug-likeness (QED) is 0.381. The number of methoxy groups -OCH3 is 1. The van der Waals surface area contributed by atoms with Crippen molar-refractivity contribution in [1.82, 2.24) is 0 Å². The van der Waals surface area contributed by atoms with E-state index in [0.717, 1.165) is 0 Å². The Labute approximate surface area is 185 Å². The van der Waals surface area contributed by atoms with Gasteiger partial charge in [0.25, 0.3) is 0 Å². The molecule has 0 aliphatic carbocycles. The smallest absolute Gasteiger partial charge is 0.206 e. The van der Waals surface area contributed by atoms with E-state index in [2.05, 4.69) is 0 Å². The lowest BCUT2D eigenvalue weighted by molar-refractivity contribution is 0.0325. The van der Waals surface area contributed by atoms with Gasteiger partial charge in [-0.2, -0.15) is 0 Å². The van der Waals surface area contributed by atoms with Crippen molar-refractivity contribution < 1.29 is 27.7 Å². The van der Waals surface area contributed by atoms with Gasteiger partial charge in [0.2, 0.25) is 9.84 Å². The summed E-state index contributed by atoms with van der Waals surface area (Å²) in [5.74, 6) is 1.06. The highest BCUT2D eigenvalue weighted by atomic mass is 35.5. The van der Waals surface area contributed by atoms with Gasteiger partial charge in [0.05, 0.1) is 33.0 Å². The topological polar surface area (TPSA) is 82.1 Å². The molecule has 0 aliphatic heterocycles. The molecule has 0 saturated carbocycles. The van der Waals surface area contributed by atoms with Gasteiger partial charge < -0.3 is 19.3 Å². The molecule has 2 aromatic rings. The standard InChI is InChI=1S/C19H21Cl3O6S/c1-26-11-13(23)12-28-14-3-5-15(6-4-14)29(24,25)16-9-17(21)19(18(22)10-16)27-8-2-7-20/h3-6,9-10,13,23H,2,7-8,11-12H2,1H3/t13-/m0/s1. The zero-order chi connectivity index (χ0) is 21.4. The summed E-state index contributed by atoms with van der Waals surface area (Å²) >= 11 is 17.9. The summed E-state index contributed by atoms with van der Waals surface area (Å²) in [6.45, 7) is 0.478. The van der Waals surface area contributed by atoms with Crippen LogP contribution in [0.4, 0.5) is 0 Å². The molecule has 0 aliphatic rings. The summed E-state index contributed by atoms with van der Waals surface area (Å²) < 4.78 is 41.5. The minimum Gasteiger partial charge on any atom is -0.491 e. The lowest BCUT2D eigenvalue weighted by Crippen LogP contribution is -2.22. The van der Waals surface area contributed by atoms with Gasteiger partial charge in [0, 0.05) is 13.0 Å². The fraction of sp³-hybridized carbons (Fsp3) is 0.368. The Bertz CT molecular complexity index is 880. The highest BCUT2D eigenvalue weighted by Crippen LogP contribution is 2.37. The predicted molar refractivity (Wildman–Crippen MR) is 113 cm³/mol. The van der Waals surface area contributed by atoms with Gasteiger partial charge in [0.15, 0.2) is 5.75 Å². The van der Waals surface area contributed by atoms with Crippen LogP contribution in [0.15, 0.2) is 46.2 Å². The number of aliphatic hydroxyl groups is 1. The summed E-state index contributed by atoms with van der Waals surface area (Å²) in [6.07, 6.45) is -0.177. The Morgan fingerprint density at radius 1 is 1.00 bits per heavy atom. The number of hydrogen-bond donors (Lipinski definition) is 1. The van der Waals surface area contributed by atoms with Crippen LogP contribution in [-0.4, -0.2) is 52.4 Å². The number of aliphatic hydroxyl groups excluding tert-OH is 1. The molecule has 0 aromatic heterocycles. The predicted octanol–water partition coefficient (Wildman–Crippen LogP) is 4.22. The molecular weight excluding hydrogens is 463 g/mol. The summed E-state index contributed by atoms with van der Waals surface area (Å²) in [5, 5.41) is 9.79. The third kappa shape index (κ3) is 6.64. The molecule has 0 amide bonds. The molecule has 10 heteroatoms. The Morgan fingerprint density at radius 2 is 1.62 bits per heavy atom. The second kappa shape index (κ2) is 11.2. The van der Waals surface area contributed by atoms with E-state index in [1.807, 2.05) is 0 Å². The maximum atomic E-state index is 12.9. The molecule has 0 spiro atoms. The van der Waals surface area contributed by atoms with E-state index in [4.69, 9.17) is 49.0 Å². The van der Waals surface area contributed by atoms with E-state index in [1.165, 1.54) is 43.5 Å². The fourth-order valence-electron chi connectivity index (χ4n) is 2.34. The summed E-state index contributed by atoms with van der Waals surface area (Å²) in [5.41, 5.74) is 0. The summed E-state index contributed by atoms with van der Waals surface area (Å²) in [4.78, 5) is -0.00777. The first-order valence-corrected chi connectivity index (χ1v) is 11.4. The molecule has 0 heterocycles. The van der Waals surface area contributed by atoms with Crippen LogP contribution in [0.3, 0.4) is 0 Å². The maximum absolute atomic E-state index is 12.9. The van der Waals surface area contributed by atoms with E-state index in [1.54, 1.807) is 0 Å². The SMILES string of the molecule is COC[C@H](O)COc1ccc(S(=O)(=O)c2cc(Cl)c(OCCCCl)c(Cl)c2)cc1. The van der Waals surface area contributed by atoms with E-state index in [-0.39, 0.29) is 38.8 Å². The van der Waals surface area contributed by atoms with Crippen molar-refractivity contribution in [2.75, 3.05) is 32.8 Å². The monoisotopic (exact) mass is 482 g/mol. The van der Waals surface area contributed by atoms with E-state index < -0.39 is 15.9 Å². The second-order valence-electron chi connectivity index (χ2n) is 6.00. The van der Waals surface area contributed by atoms with Crippen molar-refractivity contribution >= 4 is 44.6 Å². The third-order valence-corrected chi connectivity index (χ3v) is 6.32. The minimum absolute atomic E-state index is 0.0241. The number of halogens is 3. The van der Waals surface area contributed by atoms with Gasteiger partial charge >= 0.3 is 0 Å². The highest BCUT2D eigenvalue weighted by molar-refractivity contribution is 7.91. The molecule has 1 N–H and O–H groups in total. The number of benzene rings is 2. The molecule has 29 heavy (non-hydrogen) atoms. The Hall–Kier alpha value is -1.22. The first kappa shape index (κ1) is 24.1. The fourth-order valence-corrected chi connectivity index (χ4v) is 4.49. The Kier molecular flexibility index (Phi) is 9.33. The Balaban J connectivity index is 2.17. The van der Waals surface area contributed by atoms with Gasteiger partial charge in [-0.1, -0.05) is 23.2 Å². The van der Waals surface area contributed by atoms with Crippen LogP contribution in [0, 0.1) is 0 Å². The molecule has 0 radical (unpaired) electrons. The van der Waals surface area contributed by atoms with Gasteiger partial charge in [-0.25, -0.2) is 8.42 Å². The van der Waals surface area contributed by atoms with Crippen molar-refractivity contribution in [3.05, 3.63) is 46.4 Å². The molecule has 2 rings (SSSR count). The van der Waals surface area contributed by atoms with Crippen LogP contribution < -0.4 is 9.47 Å². The van der Waals surface area contributed by atoms with Crippen molar-refractivity contribution in [2.24, 2.45) is 0 Å². The zero-order valence-corrected chi connectivity index (χ0v) is 18.7. The normalized spacial score (nSPS) is 12.6. The molecule has 0 unspecified atom stereocenters. The Morgan fingerprint density at radius 3 is 2.17 bits per heavy atom. The van der Waals surface area contributed by atoms with Crippen molar-refractivity contribution in [3.8, 4) is 11.5 Å². The molecule has 0 saturated heterocycles. The minimum atomic E-state index is -3.85. The van der Waals surface area contributed by atoms with Gasteiger partial charge in [-0.3, -0.25) is 0 Å². The van der Waals surface area contributed by atoms with E-state index in [9.17, 15) is 13.5 Å². The summed E-state index contributed by atoms with van der Waals surface area (Å²) in [6, 6.07) is 8.40. The average molecular weight is 484 g/mol. The van der Waals surface area contributed by atoms with Gasteiger partial charge in [0.1, 0.15) is 18.5 Å². The summed E-state index contributed by atoms with van der Waals surface area (Å²) in [7, 11) is -2.38. The molecule has 1 atom stereocenters. The van der Waals surface area contributed by atoms with Crippen LogP contribution in [0.25, 0.3) is 0 Å². The van der Waals surface area contributed by atoms with Crippen LogP contribution in [0.1, 0.15) is 6.42 Å². The number of rotatable bonds is 11. The second-order valence-corrected chi connectivity index (χ2v) is 9.14. The lowest BCUT2D eigenvalue weighted by atomic mass is 10.3. The molecule has 6 nitrogen and oxygen atoms in total. The van der Waals surface area contributed by atoms with Crippen molar-refractivity contribution in [3.63, 3.8) is 0 Å². The van der Waals surface area contributed by atoms with Crippen molar-refractivity contribution in [2.45, 2.75) is 22.3 Å². The van der Waals surface area contributed by atoms with Crippen molar-refractivity contribution in [1.29, 1.82) is 0 Å².